The number of aliphatic hydroxyl groups is 2. The van der Waals surface area contributed by atoms with Gasteiger partial charge in [0, 0.05) is 10.9 Å². The number of ether oxygens (including phenoxy) is 1. The summed E-state index contributed by atoms with van der Waals surface area (Å²) in [7, 11) is 1.32. The van der Waals surface area contributed by atoms with Crippen LogP contribution < -0.4 is 0 Å². The number of fused-ring (bicyclic) bond motifs is 1. The second-order valence-corrected chi connectivity index (χ2v) is 4.99. The Balaban J connectivity index is 2.31. The highest BCUT2D eigenvalue weighted by atomic mass is 32.1. The Hall–Kier alpha value is -1.50. The quantitative estimate of drug-likeness (QED) is 0.499. The summed E-state index contributed by atoms with van der Waals surface area (Å²) in [5.74, 6) is 0.0496. The molecule has 2 aromatic rings. The molecule has 6 heteroatoms. The van der Waals surface area contributed by atoms with Crippen molar-refractivity contribution >= 4 is 29.5 Å². The number of thiol groups is 1. The van der Waals surface area contributed by atoms with Crippen molar-refractivity contribution in [1.29, 1.82) is 0 Å². The molecule has 108 valence electrons. The molecule has 2 atom stereocenters. The molecule has 20 heavy (non-hydrogen) atoms. The van der Waals surface area contributed by atoms with E-state index < -0.39 is 18.2 Å². The number of rotatable bonds is 5. The summed E-state index contributed by atoms with van der Waals surface area (Å²) in [4.78, 5) is 14.4. The molecule has 0 aliphatic heterocycles. The molecule has 1 aromatic heterocycles. The Labute approximate surface area is 122 Å². The Morgan fingerprint density at radius 3 is 2.80 bits per heavy atom. The molecule has 1 aromatic carbocycles. The molecule has 1 heterocycles. The van der Waals surface area contributed by atoms with E-state index in [9.17, 15) is 15.0 Å². The molecule has 2 rings (SSSR count). The van der Waals surface area contributed by atoms with Gasteiger partial charge >= 0.3 is 5.97 Å². The zero-order chi connectivity index (χ0) is 14.7. The maximum atomic E-state index is 11.4. The number of hydrogen-bond donors (Lipinski definition) is 4. The van der Waals surface area contributed by atoms with Crippen molar-refractivity contribution in [2.45, 2.75) is 18.6 Å². The van der Waals surface area contributed by atoms with E-state index in [0.717, 1.165) is 5.39 Å². The third-order valence-corrected chi connectivity index (χ3v) is 3.44. The van der Waals surface area contributed by atoms with Gasteiger partial charge in [0.25, 0.3) is 0 Å². The van der Waals surface area contributed by atoms with Crippen molar-refractivity contribution < 1.29 is 19.7 Å². The monoisotopic (exact) mass is 295 g/mol. The number of nitrogens with one attached hydrogen (secondary N) is 1. The van der Waals surface area contributed by atoms with Crippen LogP contribution in [-0.4, -0.2) is 40.1 Å². The van der Waals surface area contributed by atoms with E-state index in [1.165, 1.54) is 7.11 Å². The Kier molecular flexibility index (Phi) is 4.69. The number of carbonyl (C=O) groups is 1. The molecule has 0 aliphatic rings. The summed E-state index contributed by atoms with van der Waals surface area (Å²) < 4.78 is 4.65. The van der Waals surface area contributed by atoms with Crippen LogP contribution in [0, 0.1) is 0 Å². The number of aliphatic hydroxyl groups excluding tert-OH is 2. The fourth-order valence-corrected chi connectivity index (χ4v) is 2.33. The highest BCUT2D eigenvalue weighted by molar-refractivity contribution is 7.80. The van der Waals surface area contributed by atoms with Crippen molar-refractivity contribution in [2.75, 3.05) is 12.9 Å². The third kappa shape index (κ3) is 2.98. The molecule has 2 unspecified atom stereocenters. The maximum absolute atomic E-state index is 11.4. The zero-order valence-electron chi connectivity index (χ0n) is 11.0. The lowest BCUT2D eigenvalue weighted by atomic mass is 10.0. The normalized spacial score (nSPS) is 14.2. The molecule has 5 nitrogen and oxygen atoms in total. The van der Waals surface area contributed by atoms with E-state index in [1.54, 1.807) is 24.3 Å². The van der Waals surface area contributed by atoms with E-state index in [0.29, 0.717) is 28.9 Å². The van der Waals surface area contributed by atoms with Gasteiger partial charge in [-0.1, -0.05) is 12.1 Å². The Morgan fingerprint density at radius 2 is 2.15 bits per heavy atom. The number of esters is 1. The summed E-state index contributed by atoms with van der Waals surface area (Å²) in [6.07, 6.45) is -1.43. The molecule has 0 spiro atoms. The minimum Gasteiger partial charge on any atom is -0.464 e. The average Bonchev–Trinajstić information content (AvgIpc) is 2.88. The van der Waals surface area contributed by atoms with E-state index >= 15 is 0 Å². The zero-order valence-corrected chi connectivity index (χ0v) is 11.9. The van der Waals surface area contributed by atoms with Crippen LogP contribution in [0.5, 0.6) is 0 Å². The lowest BCUT2D eigenvalue weighted by Gasteiger charge is -2.17. The Bertz CT molecular complexity index is 610. The van der Waals surface area contributed by atoms with Crippen LogP contribution in [0.25, 0.3) is 10.9 Å². The van der Waals surface area contributed by atoms with Crippen LogP contribution in [0.2, 0.25) is 0 Å². The van der Waals surface area contributed by atoms with Gasteiger partial charge in [0.2, 0.25) is 0 Å². The van der Waals surface area contributed by atoms with Crippen LogP contribution >= 0.6 is 12.6 Å². The summed E-state index contributed by atoms with van der Waals surface area (Å²) in [6.45, 7) is 0. The van der Waals surface area contributed by atoms with Crippen molar-refractivity contribution in [2.24, 2.45) is 0 Å². The van der Waals surface area contributed by atoms with Crippen molar-refractivity contribution in [1.82, 2.24) is 4.98 Å². The van der Waals surface area contributed by atoms with Gasteiger partial charge in [0.15, 0.2) is 0 Å². The summed E-state index contributed by atoms with van der Waals surface area (Å²) in [5, 5.41) is 20.7. The highest BCUT2D eigenvalue weighted by Gasteiger charge is 2.18. The number of H-pyrrole nitrogens is 1. The smallest absolute Gasteiger partial charge is 0.354 e. The van der Waals surface area contributed by atoms with Gasteiger partial charge in [-0.2, -0.15) is 12.6 Å². The van der Waals surface area contributed by atoms with E-state index in [4.69, 9.17) is 0 Å². The standard InChI is InChI=1S/C14H17NO4S/c1-19-14(18)11-6-8-2-3-9(7-10(8)15-11)13(17)12(16)4-5-20/h2-3,6-7,12-13,15-17,20H,4-5H2,1H3. The number of aromatic nitrogens is 1. The van der Waals surface area contributed by atoms with Gasteiger partial charge in [-0.15, -0.1) is 0 Å². The Morgan fingerprint density at radius 1 is 1.40 bits per heavy atom. The van der Waals surface area contributed by atoms with Crippen LogP contribution in [0.15, 0.2) is 24.3 Å². The minimum atomic E-state index is -0.976. The maximum Gasteiger partial charge on any atom is 0.354 e. The summed E-state index contributed by atoms with van der Waals surface area (Å²) in [6, 6.07) is 6.91. The van der Waals surface area contributed by atoms with E-state index in [2.05, 4.69) is 22.3 Å². The number of hydrogen-bond acceptors (Lipinski definition) is 5. The molecule has 0 bridgehead atoms. The summed E-state index contributed by atoms with van der Waals surface area (Å²) >= 11 is 4.03. The fourth-order valence-electron chi connectivity index (χ4n) is 2.06. The molecule has 0 fully saturated rings. The van der Waals surface area contributed by atoms with Crippen LogP contribution in [-0.2, 0) is 4.74 Å². The van der Waals surface area contributed by atoms with Gasteiger partial charge in [-0.3, -0.25) is 0 Å². The lowest BCUT2D eigenvalue weighted by molar-refractivity contribution is 0.0173. The minimum absolute atomic E-state index is 0.352. The first-order valence-corrected chi connectivity index (χ1v) is 6.88. The number of carbonyl (C=O) groups excluding carboxylic acids is 1. The fraction of sp³-hybridized carbons (Fsp3) is 0.357. The molecule has 0 radical (unpaired) electrons. The highest BCUT2D eigenvalue weighted by Crippen LogP contribution is 2.24. The SMILES string of the molecule is COC(=O)c1cc2ccc(C(O)C(O)CCS)cc2[nH]1. The molecule has 0 saturated heterocycles. The average molecular weight is 295 g/mol. The summed E-state index contributed by atoms with van der Waals surface area (Å²) in [5.41, 5.74) is 1.65. The van der Waals surface area contributed by atoms with Crippen molar-refractivity contribution in [3.63, 3.8) is 0 Å². The van der Waals surface area contributed by atoms with Gasteiger partial charge in [0.05, 0.1) is 13.2 Å². The van der Waals surface area contributed by atoms with Crippen LogP contribution in [0.4, 0.5) is 0 Å². The number of aromatic amines is 1. The second kappa shape index (κ2) is 6.30. The first kappa shape index (κ1) is 14.9. The molecule has 3 N–H and O–H groups in total. The van der Waals surface area contributed by atoms with Crippen molar-refractivity contribution in [3.05, 3.63) is 35.5 Å². The van der Waals surface area contributed by atoms with Gasteiger partial charge in [-0.05, 0) is 29.9 Å². The third-order valence-electron chi connectivity index (χ3n) is 3.18. The van der Waals surface area contributed by atoms with Crippen LogP contribution in [0.3, 0.4) is 0 Å². The molecular weight excluding hydrogens is 278 g/mol. The molecular formula is C14H17NO4S. The largest absolute Gasteiger partial charge is 0.464 e. The van der Waals surface area contributed by atoms with Crippen LogP contribution in [0.1, 0.15) is 28.6 Å². The van der Waals surface area contributed by atoms with Gasteiger partial charge < -0.3 is 19.9 Å². The topological polar surface area (TPSA) is 82.6 Å². The lowest BCUT2D eigenvalue weighted by Crippen LogP contribution is -2.18. The van der Waals surface area contributed by atoms with Crippen molar-refractivity contribution in [3.8, 4) is 0 Å². The number of methoxy groups -OCH3 is 1. The predicted molar refractivity (Wildman–Crippen MR) is 79.1 cm³/mol. The second-order valence-electron chi connectivity index (χ2n) is 4.55. The van der Waals surface area contributed by atoms with E-state index in [1.807, 2.05) is 0 Å². The van der Waals surface area contributed by atoms with E-state index in [-0.39, 0.29) is 0 Å². The molecule has 0 saturated carbocycles. The predicted octanol–water partition coefficient (Wildman–Crippen LogP) is 1.67. The molecule has 0 amide bonds. The molecule has 0 aliphatic carbocycles. The first-order valence-electron chi connectivity index (χ1n) is 6.24. The van der Waals surface area contributed by atoms with Gasteiger partial charge in [0.1, 0.15) is 11.8 Å². The van der Waals surface area contributed by atoms with Gasteiger partial charge in [-0.25, -0.2) is 4.79 Å². The first-order chi connectivity index (χ1) is 9.56. The number of benzene rings is 1.